The van der Waals surface area contributed by atoms with Gasteiger partial charge >= 0.3 is 0 Å². The van der Waals surface area contributed by atoms with Gasteiger partial charge in [-0.3, -0.25) is 4.79 Å². The molecule has 1 atom stereocenters. The lowest BCUT2D eigenvalue weighted by Gasteiger charge is -2.12. The Kier molecular flexibility index (Phi) is 5.21. The molecule has 2 aromatic carbocycles. The van der Waals surface area contributed by atoms with Gasteiger partial charge in [0.1, 0.15) is 5.75 Å². The second kappa shape index (κ2) is 7.12. The third-order valence-corrected chi connectivity index (χ3v) is 4.14. The molecule has 3 N–H and O–H groups in total. The minimum Gasteiger partial charge on any atom is -0.606 e. The van der Waals surface area contributed by atoms with Gasteiger partial charge in [0.15, 0.2) is 9.79 Å². The molecule has 2 aromatic rings. The summed E-state index contributed by atoms with van der Waals surface area (Å²) in [5, 5.41) is 2.64. The Bertz CT molecular complexity index is 634. The molecule has 0 spiro atoms. The molecule has 0 bridgehead atoms. The van der Waals surface area contributed by atoms with E-state index in [1.807, 2.05) is 0 Å². The average Bonchev–Trinajstić information content (AvgIpc) is 2.54. The lowest BCUT2D eigenvalue weighted by molar-refractivity contribution is -0.114. The van der Waals surface area contributed by atoms with E-state index >= 15 is 0 Å². The minimum absolute atomic E-state index is 0.0940. The molecule has 110 valence electrons. The van der Waals surface area contributed by atoms with Gasteiger partial charge in [0, 0.05) is 29.0 Å². The Morgan fingerprint density at radius 1 is 1.24 bits per heavy atom. The molecule has 0 fully saturated rings. The number of anilines is 1. The summed E-state index contributed by atoms with van der Waals surface area (Å²) in [4.78, 5) is 12.5. The van der Waals surface area contributed by atoms with Gasteiger partial charge in [-0.15, -0.1) is 0 Å². The van der Waals surface area contributed by atoms with Crippen LogP contribution < -0.4 is 15.8 Å². The monoisotopic (exact) mass is 304 g/mol. The number of rotatable bonds is 5. The molecule has 5 nitrogen and oxygen atoms in total. The van der Waals surface area contributed by atoms with Crippen molar-refractivity contribution >= 4 is 22.8 Å². The predicted molar refractivity (Wildman–Crippen MR) is 81.8 cm³/mol. The Hall–Kier alpha value is -2.02. The Morgan fingerprint density at radius 3 is 2.57 bits per heavy atom. The van der Waals surface area contributed by atoms with Gasteiger partial charge in [-0.1, -0.05) is 12.1 Å². The number of ether oxygens (including phenoxy) is 1. The normalized spacial score (nSPS) is 11.8. The van der Waals surface area contributed by atoms with Crippen LogP contribution in [0.25, 0.3) is 0 Å². The fraction of sp³-hybridized carbons (Fsp3) is 0.133. The molecule has 0 aromatic heterocycles. The van der Waals surface area contributed by atoms with Crippen LogP contribution in [0.5, 0.6) is 5.75 Å². The molecular formula is C15H16N2O3S. The first kappa shape index (κ1) is 15.4. The Balaban J connectivity index is 2.24. The zero-order valence-corrected chi connectivity index (χ0v) is 12.4. The second-order valence-corrected chi connectivity index (χ2v) is 5.71. The largest absolute Gasteiger partial charge is 0.606 e. The van der Waals surface area contributed by atoms with E-state index in [-0.39, 0.29) is 12.5 Å². The van der Waals surface area contributed by atoms with E-state index in [0.29, 0.717) is 21.2 Å². The summed E-state index contributed by atoms with van der Waals surface area (Å²) in [5.74, 6) is 0.354. The number of hydrogen-bond acceptors (Lipinski definition) is 4. The number of methoxy groups -OCH3 is 1. The molecule has 1 amide bonds. The molecule has 6 heteroatoms. The van der Waals surface area contributed by atoms with Crippen molar-refractivity contribution < 1.29 is 14.1 Å². The van der Waals surface area contributed by atoms with Crippen molar-refractivity contribution in [1.29, 1.82) is 0 Å². The summed E-state index contributed by atoms with van der Waals surface area (Å²) in [6.45, 7) is -0.0940. The quantitative estimate of drug-likeness (QED) is 0.824. The number of nitrogens with one attached hydrogen (secondary N) is 1. The van der Waals surface area contributed by atoms with Crippen LogP contribution in [0, 0.1) is 0 Å². The fourth-order valence-electron chi connectivity index (χ4n) is 1.75. The molecule has 0 saturated carbocycles. The maximum Gasteiger partial charge on any atom is 0.238 e. The highest BCUT2D eigenvalue weighted by atomic mass is 32.2. The summed E-state index contributed by atoms with van der Waals surface area (Å²) in [5.41, 5.74) is 5.82. The molecule has 0 aliphatic rings. The third kappa shape index (κ3) is 3.98. The van der Waals surface area contributed by atoms with Crippen molar-refractivity contribution in [3.05, 3.63) is 48.5 Å². The van der Waals surface area contributed by atoms with E-state index in [2.05, 4.69) is 5.32 Å². The summed E-state index contributed by atoms with van der Waals surface area (Å²) in [7, 11) is 1.56. The van der Waals surface area contributed by atoms with Crippen LogP contribution in [0.15, 0.2) is 58.3 Å². The van der Waals surface area contributed by atoms with Crippen molar-refractivity contribution in [3.8, 4) is 5.75 Å². The lowest BCUT2D eigenvalue weighted by Crippen LogP contribution is -2.21. The van der Waals surface area contributed by atoms with Gasteiger partial charge in [-0.2, -0.15) is 0 Å². The third-order valence-electron chi connectivity index (χ3n) is 2.77. The average molecular weight is 304 g/mol. The van der Waals surface area contributed by atoms with Crippen molar-refractivity contribution in [2.75, 3.05) is 19.0 Å². The van der Waals surface area contributed by atoms with Gasteiger partial charge in [-0.05, 0) is 24.3 Å². The van der Waals surface area contributed by atoms with Gasteiger partial charge in [0.2, 0.25) is 5.91 Å². The maximum absolute atomic E-state index is 12.5. The van der Waals surface area contributed by atoms with Gasteiger partial charge in [-0.25, -0.2) is 0 Å². The standard InChI is InChI=1S/C15H16N2O3S/c1-20-12-5-3-7-14(9-12)21(19)13-6-2-4-11(8-13)17-15(18)10-16/h2-9H,10,16H2,1H3,(H,17,18). The molecule has 0 aliphatic heterocycles. The molecule has 2 rings (SSSR count). The molecule has 21 heavy (non-hydrogen) atoms. The topological polar surface area (TPSA) is 87.4 Å². The molecule has 1 unspecified atom stereocenters. The smallest absolute Gasteiger partial charge is 0.238 e. The molecule has 0 radical (unpaired) electrons. The van der Waals surface area contributed by atoms with E-state index in [0.717, 1.165) is 0 Å². The Labute approximate surface area is 126 Å². The van der Waals surface area contributed by atoms with Crippen LogP contribution in [0.2, 0.25) is 0 Å². The van der Waals surface area contributed by atoms with Crippen LogP contribution in [0.4, 0.5) is 5.69 Å². The first-order valence-electron chi connectivity index (χ1n) is 6.30. The van der Waals surface area contributed by atoms with Gasteiger partial charge in [0.25, 0.3) is 0 Å². The Morgan fingerprint density at radius 2 is 1.90 bits per heavy atom. The maximum atomic E-state index is 12.5. The van der Waals surface area contributed by atoms with E-state index < -0.39 is 11.2 Å². The molecule has 0 aliphatic carbocycles. The first-order valence-corrected chi connectivity index (χ1v) is 7.45. The SMILES string of the molecule is COc1cccc([S+]([O-])c2cccc(NC(=O)CN)c2)c1. The number of benzene rings is 2. The van der Waals surface area contributed by atoms with Crippen molar-refractivity contribution in [2.45, 2.75) is 9.79 Å². The second-order valence-electron chi connectivity index (χ2n) is 4.23. The van der Waals surface area contributed by atoms with E-state index in [1.165, 1.54) is 0 Å². The zero-order chi connectivity index (χ0) is 15.2. The number of hydrogen-bond donors (Lipinski definition) is 2. The molecule has 0 heterocycles. The lowest BCUT2D eigenvalue weighted by atomic mass is 10.3. The van der Waals surface area contributed by atoms with Crippen LogP contribution in [-0.2, 0) is 16.0 Å². The van der Waals surface area contributed by atoms with E-state index in [4.69, 9.17) is 10.5 Å². The minimum atomic E-state index is -1.35. The highest BCUT2D eigenvalue weighted by molar-refractivity contribution is 7.91. The van der Waals surface area contributed by atoms with E-state index in [1.54, 1.807) is 55.6 Å². The van der Waals surface area contributed by atoms with E-state index in [9.17, 15) is 9.35 Å². The molecular weight excluding hydrogens is 288 g/mol. The summed E-state index contributed by atoms with van der Waals surface area (Å²) < 4.78 is 17.7. The van der Waals surface area contributed by atoms with Crippen LogP contribution >= 0.6 is 0 Å². The first-order chi connectivity index (χ1) is 10.1. The zero-order valence-electron chi connectivity index (χ0n) is 11.5. The van der Waals surface area contributed by atoms with Crippen LogP contribution in [0.1, 0.15) is 0 Å². The number of carbonyl (C=O) groups excluding carboxylic acids is 1. The van der Waals surface area contributed by atoms with Crippen molar-refractivity contribution in [2.24, 2.45) is 5.73 Å². The summed E-state index contributed by atoms with van der Waals surface area (Å²) in [6, 6.07) is 13.9. The predicted octanol–water partition coefficient (Wildman–Crippen LogP) is 1.76. The van der Waals surface area contributed by atoms with Crippen molar-refractivity contribution in [1.82, 2.24) is 0 Å². The van der Waals surface area contributed by atoms with Gasteiger partial charge < -0.3 is 20.3 Å². The number of carbonyl (C=O) groups is 1. The number of amides is 1. The van der Waals surface area contributed by atoms with Crippen LogP contribution in [0.3, 0.4) is 0 Å². The molecule has 0 saturated heterocycles. The fourth-order valence-corrected chi connectivity index (χ4v) is 2.89. The summed E-state index contributed by atoms with van der Waals surface area (Å²) in [6.07, 6.45) is 0. The highest BCUT2D eigenvalue weighted by Gasteiger charge is 2.16. The summed E-state index contributed by atoms with van der Waals surface area (Å²) >= 11 is -1.35. The van der Waals surface area contributed by atoms with Crippen molar-refractivity contribution in [3.63, 3.8) is 0 Å². The van der Waals surface area contributed by atoms with Gasteiger partial charge in [0.05, 0.1) is 13.7 Å². The number of nitrogens with two attached hydrogens (primary N) is 1. The highest BCUT2D eigenvalue weighted by Crippen LogP contribution is 2.25. The van der Waals surface area contributed by atoms with Crippen LogP contribution in [-0.4, -0.2) is 24.1 Å².